The van der Waals surface area contributed by atoms with E-state index < -0.39 is 0 Å². The highest BCUT2D eigenvalue weighted by molar-refractivity contribution is 5.10. The van der Waals surface area contributed by atoms with Gasteiger partial charge in [-0.25, -0.2) is 0 Å². The number of nitrogens with zero attached hydrogens (tertiary/aromatic N) is 2. The molecule has 1 heterocycles. The van der Waals surface area contributed by atoms with Crippen LogP contribution in [-0.4, -0.2) is 15.3 Å². The summed E-state index contributed by atoms with van der Waals surface area (Å²) in [4.78, 5) is 0. The minimum Gasteiger partial charge on any atom is -0.325 e. The second-order valence-electron chi connectivity index (χ2n) is 5.41. The third-order valence-electron chi connectivity index (χ3n) is 3.99. The molecule has 1 aliphatic rings. The van der Waals surface area contributed by atoms with Crippen LogP contribution in [0.4, 0.5) is 0 Å². The maximum atomic E-state index is 6.48. The van der Waals surface area contributed by atoms with Crippen LogP contribution in [0.5, 0.6) is 0 Å². The molecular weight excluding hydrogens is 198 g/mol. The zero-order valence-corrected chi connectivity index (χ0v) is 10.4. The Morgan fingerprint density at radius 1 is 1.50 bits per heavy atom. The summed E-state index contributed by atoms with van der Waals surface area (Å²) in [7, 11) is 1.96. The second-order valence-corrected chi connectivity index (χ2v) is 5.41. The van der Waals surface area contributed by atoms with E-state index in [-0.39, 0.29) is 5.54 Å². The van der Waals surface area contributed by atoms with Gasteiger partial charge in [0.25, 0.3) is 0 Å². The van der Waals surface area contributed by atoms with E-state index in [2.05, 4.69) is 18.2 Å². The average Bonchev–Trinajstić information content (AvgIpc) is 2.64. The first-order chi connectivity index (χ1) is 7.61. The molecule has 0 saturated heterocycles. The van der Waals surface area contributed by atoms with E-state index in [1.54, 1.807) is 0 Å². The normalized spacial score (nSPS) is 30.6. The summed E-state index contributed by atoms with van der Waals surface area (Å²) in [5.74, 6) is 0.908. The van der Waals surface area contributed by atoms with Gasteiger partial charge in [0, 0.05) is 18.8 Å². The van der Waals surface area contributed by atoms with Gasteiger partial charge in [0.15, 0.2) is 0 Å². The van der Waals surface area contributed by atoms with E-state index in [0.717, 1.165) is 12.3 Å². The van der Waals surface area contributed by atoms with Crippen LogP contribution in [0.2, 0.25) is 0 Å². The standard InChI is InChI=1S/C13H23N3/c1-3-11-4-6-13(14,7-5-11)8-12-9-15-16(2)10-12/h9-11H,3-8,14H2,1-2H3. The molecule has 1 saturated carbocycles. The summed E-state index contributed by atoms with van der Waals surface area (Å²) in [6.45, 7) is 2.29. The molecule has 0 aliphatic heterocycles. The molecule has 0 atom stereocenters. The molecule has 0 spiro atoms. The first kappa shape index (κ1) is 11.6. The lowest BCUT2D eigenvalue weighted by Gasteiger charge is -2.36. The molecule has 1 aromatic rings. The SMILES string of the molecule is CCC1CCC(N)(Cc2cnn(C)c2)CC1. The molecule has 0 amide bonds. The van der Waals surface area contributed by atoms with Gasteiger partial charge in [-0.1, -0.05) is 13.3 Å². The molecule has 16 heavy (non-hydrogen) atoms. The molecule has 0 unspecified atom stereocenters. The van der Waals surface area contributed by atoms with E-state index in [4.69, 9.17) is 5.73 Å². The van der Waals surface area contributed by atoms with Crippen molar-refractivity contribution in [3.63, 3.8) is 0 Å². The van der Waals surface area contributed by atoms with Crippen LogP contribution in [0.3, 0.4) is 0 Å². The number of aryl methyl sites for hydroxylation is 1. The highest BCUT2D eigenvalue weighted by Gasteiger charge is 2.31. The fourth-order valence-corrected chi connectivity index (χ4v) is 2.81. The van der Waals surface area contributed by atoms with Gasteiger partial charge in [0.1, 0.15) is 0 Å². The van der Waals surface area contributed by atoms with Crippen molar-refractivity contribution in [2.45, 2.75) is 51.0 Å². The van der Waals surface area contributed by atoms with Crippen LogP contribution in [0, 0.1) is 5.92 Å². The lowest BCUT2D eigenvalue weighted by molar-refractivity contribution is 0.228. The molecule has 1 fully saturated rings. The summed E-state index contributed by atoms with van der Waals surface area (Å²) in [5.41, 5.74) is 7.78. The van der Waals surface area contributed by atoms with Crippen molar-refractivity contribution in [1.82, 2.24) is 9.78 Å². The van der Waals surface area contributed by atoms with Crippen LogP contribution < -0.4 is 5.73 Å². The topological polar surface area (TPSA) is 43.8 Å². The molecule has 0 aromatic carbocycles. The third-order valence-corrected chi connectivity index (χ3v) is 3.99. The van der Waals surface area contributed by atoms with E-state index >= 15 is 0 Å². The van der Waals surface area contributed by atoms with Gasteiger partial charge < -0.3 is 5.73 Å². The van der Waals surface area contributed by atoms with Gasteiger partial charge in [-0.2, -0.15) is 5.10 Å². The Kier molecular flexibility index (Phi) is 3.33. The van der Waals surface area contributed by atoms with Crippen molar-refractivity contribution < 1.29 is 0 Å². The average molecular weight is 221 g/mol. The minimum atomic E-state index is 0.0225. The van der Waals surface area contributed by atoms with Gasteiger partial charge >= 0.3 is 0 Å². The number of aromatic nitrogens is 2. The quantitative estimate of drug-likeness (QED) is 0.851. The van der Waals surface area contributed by atoms with Gasteiger partial charge in [0.05, 0.1) is 6.20 Å². The zero-order valence-electron chi connectivity index (χ0n) is 10.4. The molecule has 1 aliphatic carbocycles. The van der Waals surface area contributed by atoms with Crippen LogP contribution in [-0.2, 0) is 13.5 Å². The molecule has 2 rings (SSSR count). The van der Waals surface area contributed by atoms with Crippen molar-refractivity contribution in [3.8, 4) is 0 Å². The lowest BCUT2D eigenvalue weighted by atomic mass is 9.74. The Hall–Kier alpha value is -0.830. The van der Waals surface area contributed by atoms with Crippen molar-refractivity contribution in [3.05, 3.63) is 18.0 Å². The Labute approximate surface area is 98.0 Å². The Balaban J connectivity index is 1.94. The van der Waals surface area contributed by atoms with Crippen LogP contribution in [0.15, 0.2) is 12.4 Å². The third kappa shape index (κ3) is 2.64. The van der Waals surface area contributed by atoms with E-state index in [1.807, 2.05) is 17.9 Å². The van der Waals surface area contributed by atoms with Crippen LogP contribution in [0.1, 0.15) is 44.6 Å². The zero-order chi connectivity index (χ0) is 11.6. The van der Waals surface area contributed by atoms with Gasteiger partial charge in [-0.3, -0.25) is 4.68 Å². The maximum Gasteiger partial charge on any atom is 0.0522 e. The highest BCUT2D eigenvalue weighted by atomic mass is 15.2. The van der Waals surface area contributed by atoms with E-state index in [1.165, 1.54) is 37.7 Å². The predicted octanol–water partition coefficient (Wildman–Crippen LogP) is 2.26. The smallest absolute Gasteiger partial charge is 0.0522 e. The summed E-state index contributed by atoms with van der Waals surface area (Å²) in [5, 5.41) is 4.21. The Morgan fingerprint density at radius 2 is 2.19 bits per heavy atom. The van der Waals surface area contributed by atoms with Crippen molar-refractivity contribution in [2.24, 2.45) is 18.7 Å². The summed E-state index contributed by atoms with van der Waals surface area (Å²) < 4.78 is 1.86. The number of hydrogen-bond acceptors (Lipinski definition) is 2. The van der Waals surface area contributed by atoms with Crippen molar-refractivity contribution in [2.75, 3.05) is 0 Å². The number of nitrogens with two attached hydrogens (primary N) is 1. The molecule has 3 nitrogen and oxygen atoms in total. The highest BCUT2D eigenvalue weighted by Crippen LogP contribution is 2.34. The Bertz CT molecular complexity index is 335. The second kappa shape index (κ2) is 4.58. The van der Waals surface area contributed by atoms with Crippen LogP contribution in [0.25, 0.3) is 0 Å². The molecule has 3 heteroatoms. The lowest BCUT2D eigenvalue weighted by Crippen LogP contribution is -2.45. The Morgan fingerprint density at radius 3 is 2.69 bits per heavy atom. The monoisotopic (exact) mass is 221 g/mol. The van der Waals surface area contributed by atoms with Crippen LogP contribution >= 0.6 is 0 Å². The van der Waals surface area contributed by atoms with Crippen molar-refractivity contribution in [1.29, 1.82) is 0 Å². The minimum absolute atomic E-state index is 0.0225. The van der Waals surface area contributed by atoms with Gasteiger partial charge in [-0.15, -0.1) is 0 Å². The molecule has 1 aromatic heterocycles. The largest absolute Gasteiger partial charge is 0.325 e. The van der Waals surface area contributed by atoms with Gasteiger partial charge in [-0.05, 0) is 43.6 Å². The molecule has 90 valence electrons. The molecule has 0 radical (unpaired) electrons. The summed E-state index contributed by atoms with van der Waals surface area (Å²) in [6.07, 6.45) is 11.3. The van der Waals surface area contributed by atoms with E-state index in [9.17, 15) is 0 Å². The number of hydrogen-bond donors (Lipinski definition) is 1. The first-order valence-electron chi connectivity index (χ1n) is 6.38. The maximum absolute atomic E-state index is 6.48. The van der Waals surface area contributed by atoms with E-state index in [0.29, 0.717) is 0 Å². The van der Waals surface area contributed by atoms with Gasteiger partial charge in [0.2, 0.25) is 0 Å². The molecule has 2 N–H and O–H groups in total. The first-order valence-corrected chi connectivity index (χ1v) is 6.38. The molecular formula is C13H23N3. The number of rotatable bonds is 3. The fraction of sp³-hybridized carbons (Fsp3) is 0.769. The van der Waals surface area contributed by atoms with Crippen molar-refractivity contribution >= 4 is 0 Å². The fourth-order valence-electron chi connectivity index (χ4n) is 2.81. The summed E-state index contributed by atoms with van der Waals surface area (Å²) >= 11 is 0. The molecule has 0 bridgehead atoms. The summed E-state index contributed by atoms with van der Waals surface area (Å²) in [6, 6.07) is 0. The predicted molar refractivity (Wildman–Crippen MR) is 66.1 cm³/mol.